The normalized spacial score (nSPS) is 18.1. The van der Waals surface area contributed by atoms with Crippen molar-refractivity contribution in [2.75, 3.05) is 19.6 Å². The maximum atomic E-state index is 4.34. The van der Waals surface area contributed by atoms with Gasteiger partial charge >= 0.3 is 0 Å². The second-order valence-electron chi connectivity index (χ2n) is 5.99. The predicted octanol–water partition coefficient (Wildman–Crippen LogP) is 2.60. The summed E-state index contributed by atoms with van der Waals surface area (Å²) in [7, 11) is 0. The summed E-state index contributed by atoms with van der Waals surface area (Å²) >= 11 is 0. The summed E-state index contributed by atoms with van der Waals surface area (Å²) in [4.78, 5) is 6.98. The number of aromatic nitrogens is 1. The molecule has 2 heterocycles. The fourth-order valence-electron chi connectivity index (χ4n) is 2.83. The Kier molecular flexibility index (Phi) is 5.34. The van der Waals surface area contributed by atoms with Crippen LogP contribution in [0.1, 0.15) is 37.9 Å². The van der Waals surface area contributed by atoms with Crippen molar-refractivity contribution in [1.82, 2.24) is 15.2 Å². The maximum absolute atomic E-state index is 4.34. The highest BCUT2D eigenvalue weighted by Crippen LogP contribution is 2.17. The Hall–Kier alpha value is -0.930. The zero-order valence-corrected chi connectivity index (χ0v) is 12.5. The fourth-order valence-corrected chi connectivity index (χ4v) is 2.83. The standard InChI is InChI=1S/C16H27N3/c1-13(2)16(19-8-4-5-9-19)12-17-10-15-7-6-14(3)18-11-15/h6-7,11,13,16-17H,4-5,8-10,12H2,1-3H3. The summed E-state index contributed by atoms with van der Waals surface area (Å²) < 4.78 is 0. The van der Waals surface area contributed by atoms with Crippen LogP contribution in [0.5, 0.6) is 0 Å². The molecule has 106 valence electrons. The maximum Gasteiger partial charge on any atom is 0.0372 e. The highest BCUT2D eigenvalue weighted by Gasteiger charge is 2.23. The van der Waals surface area contributed by atoms with E-state index in [2.05, 4.69) is 41.2 Å². The van der Waals surface area contributed by atoms with Gasteiger partial charge in [-0.15, -0.1) is 0 Å². The summed E-state index contributed by atoms with van der Waals surface area (Å²) in [5.74, 6) is 0.710. The summed E-state index contributed by atoms with van der Waals surface area (Å²) in [5, 5.41) is 3.60. The van der Waals surface area contributed by atoms with Crippen LogP contribution in [0.4, 0.5) is 0 Å². The second-order valence-corrected chi connectivity index (χ2v) is 5.99. The average Bonchev–Trinajstić information content (AvgIpc) is 2.90. The van der Waals surface area contributed by atoms with E-state index >= 15 is 0 Å². The molecule has 0 saturated carbocycles. The summed E-state index contributed by atoms with van der Waals surface area (Å²) in [6, 6.07) is 4.91. The first-order chi connectivity index (χ1) is 9.16. The van der Waals surface area contributed by atoms with Gasteiger partial charge in [0.1, 0.15) is 0 Å². The van der Waals surface area contributed by atoms with E-state index < -0.39 is 0 Å². The van der Waals surface area contributed by atoms with Crippen LogP contribution in [-0.4, -0.2) is 35.6 Å². The van der Waals surface area contributed by atoms with E-state index in [4.69, 9.17) is 0 Å². The van der Waals surface area contributed by atoms with E-state index in [0.717, 1.165) is 18.8 Å². The Morgan fingerprint density at radius 3 is 2.58 bits per heavy atom. The minimum Gasteiger partial charge on any atom is -0.311 e. The number of rotatable bonds is 6. The number of nitrogens with zero attached hydrogens (tertiary/aromatic N) is 2. The third-order valence-corrected chi connectivity index (χ3v) is 4.03. The highest BCUT2D eigenvalue weighted by atomic mass is 15.2. The number of hydrogen-bond donors (Lipinski definition) is 1. The Morgan fingerprint density at radius 1 is 1.26 bits per heavy atom. The average molecular weight is 261 g/mol. The number of likely N-dealkylation sites (tertiary alicyclic amines) is 1. The van der Waals surface area contributed by atoms with E-state index in [9.17, 15) is 0 Å². The molecule has 0 radical (unpaired) electrons. The highest BCUT2D eigenvalue weighted by molar-refractivity contribution is 5.12. The van der Waals surface area contributed by atoms with Crippen molar-refractivity contribution in [3.05, 3.63) is 29.6 Å². The van der Waals surface area contributed by atoms with Crippen LogP contribution in [-0.2, 0) is 6.54 Å². The molecule has 19 heavy (non-hydrogen) atoms. The largest absolute Gasteiger partial charge is 0.311 e. The summed E-state index contributed by atoms with van der Waals surface area (Å²) in [5.41, 5.74) is 2.36. The predicted molar refractivity (Wildman–Crippen MR) is 80.1 cm³/mol. The SMILES string of the molecule is Cc1ccc(CNCC(C(C)C)N2CCCC2)cn1. The molecule has 0 aliphatic carbocycles. The molecule has 1 aromatic rings. The molecule has 0 bridgehead atoms. The van der Waals surface area contributed by atoms with E-state index in [1.165, 1.54) is 31.5 Å². The van der Waals surface area contributed by atoms with Crippen LogP contribution in [0.3, 0.4) is 0 Å². The third-order valence-electron chi connectivity index (χ3n) is 4.03. The van der Waals surface area contributed by atoms with E-state index in [1.807, 2.05) is 13.1 Å². The number of pyridine rings is 1. The van der Waals surface area contributed by atoms with Gasteiger partial charge in [-0.25, -0.2) is 0 Å². The van der Waals surface area contributed by atoms with Crippen LogP contribution >= 0.6 is 0 Å². The Labute approximate surface area is 117 Å². The summed E-state index contributed by atoms with van der Waals surface area (Å²) in [6.07, 6.45) is 4.71. The number of aryl methyl sites for hydroxylation is 1. The smallest absolute Gasteiger partial charge is 0.0372 e. The van der Waals surface area contributed by atoms with Crippen LogP contribution in [0.15, 0.2) is 18.3 Å². The molecule has 0 amide bonds. The first-order valence-electron chi connectivity index (χ1n) is 7.53. The Bertz CT molecular complexity index is 366. The molecule has 3 nitrogen and oxygen atoms in total. The minimum absolute atomic E-state index is 0.668. The van der Waals surface area contributed by atoms with Gasteiger partial charge in [0, 0.05) is 31.0 Å². The van der Waals surface area contributed by atoms with Crippen molar-refractivity contribution in [1.29, 1.82) is 0 Å². The van der Waals surface area contributed by atoms with Gasteiger partial charge in [0.25, 0.3) is 0 Å². The molecule has 1 aromatic heterocycles. The summed E-state index contributed by atoms with van der Waals surface area (Å²) in [6.45, 7) is 11.2. The van der Waals surface area contributed by atoms with Crippen LogP contribution in [0.2, 0.25) is 0 Å². The number of hydrogen-bond acceptors (Lipinski definition) is 3. The zero-order chi connectivity index (χ0) is 13.7. The van der Waals surface area contributed by atoms with Gasteiger partial charge in [-0.1, -0.05) is 19.9 Å². The molecule has 0 aromatic carbocycles. The lowest BCUT2D eigenvalue weighted by atomic mass is 10.0. The van der Waals surface area contributed by atoms with Gasteiger partial charge in [-0.3, -0.25) is 9.88 Å². The van der Waals surface area contributed by atoms with Gasteiger partial charge in [0.2, 0.25) is 0 Å². The molecule has 1 atom stereocenters. The zero-order valence-electron chi connectivity index (χ0n) is 12.5. The van der Waals surface area contributed by atoms with Crippen molar-refractivity contribution in [2.24, 2.45) is 5.92 Å². The molecule has 1 unspecified atom stereocenters. The molecule has 0 spiro atoms. The van der Waals surface area contributed by atoms with Crippen LogP contribution in [0, 0.1) is 12.8 Å². The molecule has 2 rings (SSSR count). The third kappa shape index (κ3) is 4.29. The molecule has 1 N–H and O–H groups in total. The van der Waals surface area contributed by atoms with Crippen molar-refractivity contribution < 1.29 is 0 Å². The lowest BCUT2D eigenvalue weighted by Gasteiger charge is -2.31. The molecule has 1 aliphatic heterocycles. The Balaban J connectivity index is 1.80. The van der Waals surface area contributed by atoms with Crippen molar-refractivity contribution in [3.8, 4) is 0 Å². The Morgan fingerprint density at radius 2 is 2.00 bits per heavy atom. The van der Waals surface area contributed by atoms with Gasteiger partial charge < -0.3 is 5.32 Å². The first kappa shape index (κ1) is 14.5. The van der Waals surface area contributed by atoms with E-state index in [0.29, 0.717) is 12.0 Å². The van der Waals surface area contributed by atoms with E-state index in [-0.39, 0.29) is 0 Å². The van der Waals surface area contributed by atoms with Crippen molar-refractivity contribution in [2.45, 2.75) is 46.2 Å². The van der Waals surface area contributed by atoms with Gasteiger partial charge in [0.15, 0.2) is 0 Å². The van der Waals surface area contributed by atoms with Crippen molar-refractivity contribution >= 4 is 0 Å². The molecule has 3 heteroatoms. The monoisotopic (exact) mass is 261 g/mol. The molecular weight excluding hydrogens is 234 g/mol. The van der Waals surface area contributed by atoms with Gasteiger partial charge in [0.05, 0.1) is 0 Å². The molecule has 1 saturated heterocycles. The first-order valence-corrected chi connectivity index (χ1v) is 7.53. The molecule has 1 fully saturated rings. The fraction of sp³-hybridized carbons (Fsp3) is 0.688. The number of nitrogens with one attached hydrogen (secondary N) is 1. The molecular formula is C16H27N3. The van der Waals surface area contributed by atoms with Crippen LogP contribution < -0.4 is 5.32 Å². The van der Waals surface area contributed by atoms with Crippen molar-refractivity contribution in [3.63, 3.8) is 0 Å². The minimum atomic E-state index is 0.668. The quantitative estimate of drug-likeness (QED) is 0.853. The van der Waals surface area contributed by atoms with Gasteiger partial charge in [-0.2, -0.15) is 0 Å². The van der Waals surface area contributed by atoms with Crippen LogP contribution in [0.25, 0.3) is 0 Å². The second kappa shape index (κ2) is 7.01. The lowest BCUT2D eigenvalue weighted by Crippen LogP contribution is -2.44. The lowest BCUT2D eigenvalue weighted by molar-refractivity contribution is 0.186. The molecule has 1 aliphatic rings. The van der Waals surface area contributed by atoms with E-state index in [1.54, 1.807) is 0 Å². The van der Waals surface area contributed by atoms with Gasteiger partial charge in [-0.05, 0) is 50.4 Å². The topological polar surface area (TPSA) is 28.2 Å².